The van der Waals surface area contributed by atoms with Crippen molar-refractivity contribution >= 4 is 16.5 Å². The lowest BCUT2D eigenvalue weighted by atomic mass is 10.2. The predicted molar refractivity (Wildman–Crippen MR) is 46.7 cm³/mol. The molecule has 0 fully saturated rings. The molecular formula is C7H12N3S. The van der Waals surface area contributed by atoms with Gasteiger partial charge in [0.05, 0.1) is 0 Å². The summed E-state index contributed by atoms with van der Waals surface area (Å²) < 4.78 is 3.72. The highest BCUT2D eigenvalue weighted by molar-refractivity contribution is 7.09. The second-order valence-electron chi connectivity index (χ2n) is 2.37. The topological polar surface area (TPSA) is 37.8 Å². The van der Waals surface area contributed by atoms with Gasteiger partial charge in [-0.25, -0.2) is 0 Å². The van der Waals surface area contributed by atoms with E-state index < -0.39 is 0 Å². The van der Waals surface area contributed by atoms with Crippen molar-refractivity contribution in [3.63, 3.8) is 0 Å². The van der Waals surface area contributed by atoms with Crippen LogP contribution in [0, 0.1) is 6.20 Å². The maximum absolute atomic E-state index is 3.72. The first-order valence-electron chi connectivity index (χ1n) is 3.83. The number of nitrogens with one attached hydrogen (secondary N) is 1. The fourth-order valence-corrected chi connectivity index (χ4v) is 1.35. The van der Waals surface area contributed by atoms with Gasteiger partial charge in [0, 0.05) is 17.6 Å². The van der Waals surface area contributed by atoms with Crippen LogP contribution in [0.4, 0.5) is 5.00 Å². The molecule has 0 amide bonds. The van der Waals surface area contributed by atoms with E-state index in [4.69, 9.17) is 0 Å². The Kier molecular flexibility index (Phi) is 3.29. The van der Waals surface area contributed by atoms with E-state index in [0.29, 0.717) is 6.04 Å². The Bertz CT molecular complexity index is 182. The zero-order chi connectivity index (χ0) is 8.10. The molecular weight excluding hydrogens is 158 g/mol. The average Bonchev–Trinajstić information content (AvgIpc) is 2.52. The molecule has 0 spiro atoms. The number of anilines is 1. The van der Waals surface area contributed by atoms with Crippen molar-refractivity contribution in [3.8, 4) is 0 Å². The zero-order valence-corrected chi connectivity index (χ0v) is 7.61. The molecule has 1 N–H and O–H groups in total. The van der Waals surface area contributed by atoms with Gasteiger partial charge in [0.2, 0.25) is 0 Å². The highest BCUT2D eigenvalue weighted by Crippen LogP contribution is 2.12. The summed E-state index contributed by atoms with van der Waals surface area (Å²) in [6.45, 7) is 4.32. The molecule has 11 heavy (non-hydrogen) atoms. The molecule has 1 aromatic heterocycles. The maximum Gasteiger partial charge on any atom is 0.152 e. The lowest BCUT2D eigenvalue weighted by Crippen LogP contribution is -2.15. The largest absolute Gasteiger partial charge is 0.371 e. The molecule has 1 radical (unpaired) electrons. The highest BCUT2D eigenvalue weighted by Gasteiger charge is 2.03. The van der Waals surface area contributed by atoms with Crippen molar-refractivity contribution in [2.75, 3.05) is 5.32 Å². The van der Waals surface area contributed by atoms with Crippen LogP contribution in [0.2, 0.25) is 0 Å². The summed E-state index contributed by atoms with van der Waals surface area (Å²) in [6.07, 6.45) is 5.04. The summed E-state index contributed by atoms with van der Waals surface area (Å²) in [6, 6.07) is 0.536. The first-order chi connectivity index (χ1) is 5.36. The van der Waals surface area contributed by atoms with Gasteiger partial charge >= 0.3 is 0 Å². The van der Waals surface area contributed by atoms with Gasteiger partial charge in [-0.3, -0.25) is 0 Å². The van der Waals surface area contributed by atoms with Crippen LogP contribution < -0.4 is 5.32 Å². The molecule has 0 aliphatic rings. The molecule has 0 bridgehead atoms. The average molecular weight is 170 g/mol. The van der Waals surface area contributed by atoms with Crippen molar-refractivity contribution in [1.82, 2.24) is 9.59 Å². The molecule has 0 aromatic carbocycles. The monoisotopic (exact) mass is 170 g/mol. The number of nitrogens with zero attached hydrogens (tertiary/aromatic N) is 2. The molecule has 0 saturated carbocycles. The Labute approximate surface area is 71.0 Å². The van der Waals surface area contributed by atoms with E-state index in [1.165, 1.54) is 11.5 Å². The summed E-state index contributed by atoms with van der Waals surface area (Å²) in [5.74, 6) is 0. The molecule has 0 aliphatic carbocycles. The van der Waals surface area contributed by atoms with Crippen LogP contribution in [-0.2, 0) is 0 Å². The van der Waals surface area contributed by atoms with Crippen LogP contribution in [0.15, 0.2) is 0 Å². The third kappa shape index (κ3) is 2.46. The SMILES string of the molecule is CCC(CC)Nc1[c]nns1. The van der Waals surface area contributed by atoms with Crippen molar-refractivity contribution in [1.29, 1.82) is 0 Å². The molecule has 3 nitrogen and oxygen atoms in total. The summed E-state index contributed by atoms with van der Waals surface area (Å²) in [4.78, 5) is 0. The first kappa shape index (κ1) is 8.46. The Morgan fingerprint density at radius 1 is 1.55 bits per heavy atom. The quantitative estimate of drug-likeness (QED) is 0.750. The normalized spacial score (nSPS) is 10.5. The van der Waals surface area contributed by atoms with Crippen LogP contribution in [0.5, 0.6) is 0 Å². The number of rotatable bonds is 4. The van der Waals surface area contributed by atoms with Crippen LogP contribution >= 0.6 is 11.5 Å². The molecule has 0 aliphatic heterocycles. The fraction of sp³-hybridized carbons (Fsp3) is 0.714. The maximum atomic E-state index is 3.72. The predicted octanol–water partition coefficient (Wildman–Crippen LogP) is 1.94. The smallest absolute Gasteiger partial charge is 0.152 e. The van der Waals surface area contributed by atoms with E-state index >= 15 is 0 Å². The lowest BCUT2D eigenvalue weighted by molar-refractivity contribution is 0.673. The van der Waals surface area contributed by atoms with E-state index in [1.54, 1.807) is 0 Å². The first-order valence-corrected chi connectivity index (χ1v) is 4.60. The van der Waals surface area contributed by atoms with E-state index in [-0.39, 0.29) is 0 Å². The van der Waals surface area contributed by atoms with E-state index in [1.807, 2.05) is 0 Å². The van der Waals surface area contributed by atoms with Gasteiger partial charge in [-0.2, -0.15) is 0 Å². The van der Waals surface area contributed by atoms with Crippen LogP contribution in [0.25, 0.3) is 0 Å². The van der Waals surface area contributed by atoms with Crippen LogP contribution in [0.3, 0.4) is 0 Å². The van der Waals surface area contributed by atoms with E-state index in [9.17, 15) is 0 Å². The Balaban J connectivity index is 2.41. The minimum absolute atomic E-state index is 0.536. The van der Waals surface area contributed by atoms with Gasteiger partial charge in [0.1, 0.15) is 5.00 Å². The van der Waals surface area contributed by atoms with Crippen molar-refractivity contribution < 1.29 is 0 Å². The Morgan fingerprint density at radius 3 is 2.73 bits per heavy atom. The minimum atomic E-state index is 0.536. The third-order valence-corrected chi connectivity index (χ3v) is 2.20. The number of hydrogen-bond donors (Lipinski definition) is 1. The summed E-state index contributed by atoms with van der Waals surface area (Å²) >= 11 is 1.35. The molecule has 1 heterocycles. The number of hydrogen-bond acceptors (Lipinski definition) is 4. The van der Waals surface area contributed by atoms with Crippen molar-refractivity contribution in [2.24, 2.45) is 0 Å². The van der Waals surface area contributed by atoms with Gasteiger partial charge < -0.3 is 5.32 Å². The third-order valence-electron chi connectivity index (χ3n) is 1.65. The van der Waals surface area contributed by atoms with Crippen molar-refractivity contribution in [2.45, 2.75) is 32.7 Å². The summed E-state index contributed by atoms with van der Waals surface area (Å²) in [5.41, 5.74) is 0. The van der Waals surface area contributed by atoms with Gasteiger partial charge in [-0.1, -0.05) is 18.3 Å². The standard InChI is InChI=1S/C7H12N3S/c1-3-6(4-2)9-7-5-8-10-11-7/h6,9H,3-4H2,1-2H3. The lowest BCUT2D eigenvalue weighted by Gasteiger charge is -2.12. The summed E-state index contributed by atoms with van der Waals surface area (Å²) in [5, 5.41) is 7.86. The van der Waals surface area contributed by atoms with Gasteiger partial charge in [0.15, 0.2) is 6.20 Å². The molecule has 0 unspecified atom stereocenters. The van der Waals surface area contributed by atoms with E-state index in [2.05, 4.69) is 34.9 Å². The number of aromatic nitrogens is 2. The minimum Gasteiger partial charge on any atom is -0.371 e. The van der Waals surface area contributed by atoms with Gasteiger partial charge in [-0.15, -0.1) is 5.10 Å². The zero-order valence-electron chi connectivity index (χ0n) is 6.79. The van der Waals surface area contributed by atoms with E-state index in [0.717, 1.165) is 17.8 Å². The Morgan fingerprint density at radius 2 is 2.27 bits per heavy atom. The second kappa shape index (κ2) is 4.28. The molecule has 1 rings (SSSR count). The molecule has 61 valence electrons. The fourth-order valence-electron chi connectivity index (χ4n) is 0.884. The van der Waals surface area contributed by atoms with Gasteiger partial charge in [-0.05, 0) is 12.8 Å². The molecule has 1 aromatic rings. The second-order valence-corrected chi connectivity index (χ2v) is 3.13. The van der Waals surface area contributed by atoms with Gasteiger partial charge in [0.25, 0.3) is 0 Å². The van der Waals surface area contributed by atoms with Crippen LogP contribution in [-0.4, -0.2) is 15.6 Å². The summed E-state index contributed by atoms with van der Waals surface area (Å²) in [7, 11) is 0. The van der Waals surface area contributed by atoms with Crippen LogP contribution in [0.1, 0.15) is 26.7 Å². The molecule has 0 atom stereocenters. The molecule has 4 heteroatoms. The highest BCUT2D eigenvalue weighted by atomic mass is 32.1. The Hall–Kier alpha value is -0.640. The van der Waals surface area contributed by atoms with Crippen molar-refractivity contribution in [3.05, 3.63) is 6.20 Å². The molecule has 0 saturated heterocycles.